The minimum Gasteiger partial charge on any atom is -0.304 e. The van der Waals surface area contributed by atoms with Crippen molar-refractivity contribution in [2.75, 3.05) is 4.90 Å². The number of anilines is 2. The number of para-hydroxylation sites is 1. The number of fused-ring (bicyclic) bond motifs is 4. The summed E-state index contributed by atoms with van der Waals surface area (Å²) >= 11 is 0. The molecule has 6 aromatic carbocycles. The summed E-state index contributed by atoms with van der Waals surface area (Å²) in [4.78, 5) is 28.1. The van der Waals surface area contributed by atoms with Gasteiger partial charge >= 0.3 is 0 Å². The fourth-order valence-electron chi connectivity index (χ4n) is 7.86. The minimum absolute atomic E-state index is 0.0697. The molecule has 0 atom stereocenters. The average Bonchev–Trinajstić information content (AvgIpc) is 3.66. The van der Waals surface area contributed by atoms with E-state index in [0.29, 0.717) is 11.4 Å². The van der Waals surface area contributed by atoms with Crippen LogP contribution in [0.3, 0.4) is 0 Å². The van der Waals surface area contributed by atoms with Gasteiger partial charge in [-0.25, -0.2) is 0 Å². The monoisotopic (exact) mass is 703 g/mol. The molecule has 0 spiro atoms. The van der Waals surface area contributed by atoms with Gasteiger partial charge in [-0.3, -0.25) is 30.4 Å². The Labute approximate surface area is 314 Å². The molecular weight excluding hydrogens is 663 g/mol. The van der Waals surface area contributed by atoms with E-state index in [4.69, 9.17) is 25.0 Å². The molecule has 0 unspecified atom stereocenters. The van der Waals surface area contributed by atoms with Crippen LogP contribution in [0.25, 0.3) is 38.2 Å². The van der Waals surface area contributed by atoms with Crippen molar-refractivity contribution in [2.45, 2.75) is 58.9 Å². The first kappa shape index (κ1) is 33.5. The highest BCUT2D eigenvalue weighted by Gasteiger charge is 2.33. The van der Waals surface area contributed by atoms with Gasteiger partial charge in [0.1, 0.15) is 27.8 Å². The van der Waals surface area contributed by atoms with E-state index >= 15 is 0 Å². The zero-order chi connectivity index (χ0) is 37.4. The number of nitrogens with one attached hydrogen (secondary N) is 1. The first-order chi connectivity index (χ1) is 26.0. The lowest BCUT2D eigenvalue weighted by Crippen LogP contribution is -2.40. The summed E-state index contributed by atoms with van der Waals surface area (Å²) in [6.07, 6.45) is 4.15. The van der Waals surface area contributed by atoms with Crippen LogP contribution in [0.15, 0.2) is 158 Å². The van der Waals surface area contributed by atoms with E-state index in [1.165, 1.54) is 5.39 Å². The third-order valence-electron chi connectivity index (χ3n) is 10.1. The molecule has 3 aliphatic rings. The van der Waals surface area contributed by atoms with Gasteiger partial charge in [-0.15, -0.1) is 0 Å². The second kappa shape index (κ2) is 12.4. The standard InChI is InChI=1S/C47H41N7/c1-28(2)49-44-39(25-23-34(41(44)48)32-22-21-29-13-7-8-15-31(29)27-32)54(38-20-12-19-37-43(38)52-46(3,4)50-37)40-26-24-36(42-45(40)53-47(5,6)51-42)35-18-11-16-30-14-9-10-17-33(30)35/h7-28,48H,1-6H3. The third-order valence-corrected chi connectivity index (χ3v) is 10.1. The lowest BCUT2D eigenvalue weighted by molar-refractivity contribution is 0.549. The topological polar surface area (TPSA) is 88.9 Å². The van der Waals surface area contributed by atoms with Crippen molar-refractivity contribution in [1.82, 2.24) is 0 Å². The van der Waals surface area contributed by atoms with Gasteiger partial charge in [0, 0.05) is 17.2 Å². The maximum absolute atomic E-state index is 9.80. The molecule has 0 amide bonds. The van der Waals surface area contributed by atoms with Gasteiger partial charge in [-0.05, 0) is 117 Å². The first-order valence-corrected chi connectivity index (χ1v) is 18.5. The Balaban J connectivity index is 1.33. The molecular formula is C47H41N7. The van der Waals surface area contributed by atoms with Gasteiger partial charge < -0.3 is 4.90 Å². The number of benzene rings is 6. The smallest absolute Gasteiger partial charge is 0.146 e. The predicted molar refractivity (Wildman–Crippen MR) is 221 cm³/mol. The predicted octanol–water partition coefficient (Wildman–Crippen LogP) is 8.63. The average molecular weight is 704 g/mol. The molecule has 0 bridgehead atoms. The van der Waals surface area contributed by atoms with Crippen molar-refractivity contribution in [1.29, 1.82) is 5.41 Å². The number of aliphatic imine (C=N–C) groups is 1. The number of hydrogen-bond acceptors (Lipinski definition) is 7. The highest BCUT2D eigenvalue weighted by Crippen LogP contribution is 2.35. The molecule has 7 nitrogen and oxygen atoms in total. The van der Waals surface area contributed by atoms with Crippen LogP contribution in [0.2, 0.25) is 0 Å². The molecule has 9 rings (SSSR count). The Bertz CT molecular complexity index is 2940. The number of hydrogen-bond donors (Lipinski definition) is 1. The number of nitrogens with zero attached hydrogens (tertiary/aromatic N) is 6. The van der Waals surface area contributed by atoms with Crippen LogP contribution in [0.4, 0.5) is 11.4 Å². The van der Waals surface area contributed by atoms with Crippen LogP contribution in [0.1, 0.15) is 47.1 Å². The van der Waals surface area contributed by atoms with Crippen molar-refractivity contribution in [3.63, 3.8) is 0 Å². The van der Waals surface area contributed by atoms with Crippen LogP contribution in [0.5, 0.6) is 0 Å². The first-order valence-electron chi connectivity index (χ1n) is 18.5. The molecule has 0 fully saturated rings. The van der Waals surface area contributed by atoms with Crippen LogP contribution in [-0.2, 0) is 0 Å². The molecule has 7 heteroatoms. The molecule has 6 aromatic rings. The van der Waals surface area contributed by atoms with Crippen molar-refractivity contribution < 1.29 is 0 Å². The molecule has 1 aliphatic carbocycles. The van der Waals surface area contributed by atoms with Crippen molar-refractivity contribution in [3.05, 3.63) is 160 Å². The summed E-state index contributed by atoms with van der Waals surface area (Å²) in [7, 11) is 0. The van der Waals surface area contributed by atoms with Crippen molar-refractivity contribution >= 4 is 49.9 Å². The Morgan fingerprint density at radius 2 is 1.26 bits per heavy atom. The van der Waals surface area contributed by atoms with E-state index in [0.717, 1.165) is 76.9 Å². The summed E-state index contributed by atoms with van der Waals surface area (Å²) in [6, 6.07) is 40.0. The van der Waals surface area contributed by atoms with Crippen LogP contribution >= 0.6 is 0 Å². The Kier molecular flexibility index (Phi) is 7.68. The summed E-state index contributed by atoms with van der Waals surface area (Å²) < 4.78 is 0. The van der Waals surface area contributed by atoms with E-state index in [9.17, 15) is 5.41 Å². The summed E-state index contributed by atoms with van der Waals surface area (Å²) in [5.41, 5.74) is 6.06. The fourth-order valence-corrected chi connectivity index (χ4v) is 7.86. The van der Waals surface area contributed by atoms with Gasteiger partial charge in [-0.1, -0.05) is 84.9 Å². The normalized spacial score (nSPS) is 17.3. The molecule has 2 heterocycles. The fraction of sp³-hybridized carbons (Fsp3) is 0.191. The highest BCUT2D eigenvalue weighted by atomic mass is 15.2. The molecule has 0 radical (unpaired) electrons. The van der Waals surface area contributed by atoms with E-state index in [-0.39, 0.29) is 6.04 Å². The summed E-state index contributed by atoms with van der Waals surface area (Å²) in [5.74, 6) is 0. The van der Waals surface area contributed by atoms with Gasteiger partial charge in [-0.2, -0.15) is 0 Å². The molecule has 264 valence electrons. The Morgan fingerprint density at radius 3 is 2.07 bits per heavy atom. The largest absolute Gasteiger partial charge is 0.304 e. The van der Waals surface area contributed by atoms with Crippen LogP contribution in [-0.4, -0.2) is 28.8 Å². The molecule has 0 aromatic heterocycles. The molecule has 1 N–H and O–H groups in total. The molecule has 0 saturated carbocycles. The molecule has 2 aliphatic heterocycles. The zero-order valence-corrected chi connectivity index (χ0v) is 31.4. The highest BCUT2D eigenvalue weighted by molar-refractivity contribution is 6.62. The van der Waals surface area contributed by atoms with Gasteiger partial charge in [0.15, 0.2) is 0 Å². The SMILES string of the molecule is CC(C)N=C1C(=N)C(c2ccc3ccccc3c2)=CC=C1N(c1cccc2c1=NC(C)(C)N=2)c1ccc(-c2cccc3ccccc23)c2c1=NC(C)(C)N=2. The Hall–Kier alpha value is -6.34. The van der Waals surface area contributed by atoms with Crippen LogP contribution in [0, 0.1) is 5.41 Å². The maximum atomic E-state index is 9.80. The van der Waals surface area contributed by atoms with Gasteiger partial charge in [0.25, 0.3) is 0 Å². The van der Waals surface area contributed by atoms with Crippen molar-refractivity contribution in [2.24, 2.45) is 25.0 Å². The van der Waals surface area contributed by atoms with Crippen LogP contribution < -0.4 is 26.3 Å². The lowest BCUT2D eigenvalue weighted by atomic mass is 9.90. The third kappa shape index (κ3) is 5.68. The van der Waals surface area contributed by atoms with Crippen molar-refractivity contribution in [3.8, 4) is 11.1 Å². The molecule has 54 heavy (non-hydrogen) atoms. The van der Waals surface area contributed by atoms with E-state index in [2.05, 4.69) is 122 Å². The zero-order valence-electron chi connectivity index (χ0n) is 31.4. The van der Waals surface area contributed by atoms with E-state index < -0.39 is 11.3 Å². The molecule has 0 saturated heterocycles. The maximum Gasteiger partial charge on any atom is 0.146 e. The number of rotatable bonds is 6. The van der Waals surface area contributed by atoms with Gasteiger partial charge in [0.05, 0.1) is 33.5 Å². The second-order valence-corrected chi connectivity index (χ2v) is 15.4. The van der Waals surface area contributed by atoms with E-state index in [1.807, 2.05) is 52.0 Å². The summed E-state index contributed by atoms with van der Waals surface area (Å²) in [5, 5.41) is 17.7. The van der Waals surface area contributed by atoms with Gasteiger partial charge in [0.2, 0.25) is 0 Å². The minimum atomic E-state index is -0.685. The Morgan fingerprint density at radius 1 is 0.593 bits per heavy atom. The second-order valence-electron chi connectivity index (χ2n) is 15.4. The van der Waals surface area contributed by atoms with E-state index in [1.54, 1.807) is 0 Å². The lowest BCUT2D eigenvalue weighted by Gasteiger charge is -2.31. The quantitative estimate of drug-likeness (QED) is 0.173. The number of allylic oxidation sites excluding steroid dienone is 4. The summed E-state index contributed by atoms with van der Waals surface area (Å²) in [6.45, 7) is 12.2.